The van der Waals surface area contributed by atoms with Gasteiger partial charge in [-0.15, -0.1) is 0 Å². The molecular formula is C10H23ClO3Si. The van der Waals surface area contributed by atoms with E-state index in [1.54, 1.807) is 0 Å². The Morgan fingerprint density at radius 2 is 1.27 bits per heavy atom. The van der Waals surface area contributed by atoms with Gasteiger partial charge in [-0.1, -0.05) is 11.1 Å². The summed E-state index contributed by atoms with van der Waals surface area (Å²) in [5.74, 6) is 0. The zero-order valence-electron chi connectivity index (χ0n) is 10.8. The summed E-state index contributed by atoms with van der Waals surface area (Å²) >= 11 is 6.29. The van der Waals surface area contributed by atoms with E-state index >= 15 is 0 Å². The van der Waals surface area contributed by atoms with Gasteiger partial charge in [0.25, 0.3) is 0 Å². The molecule has 0 saturated carbocycles. The van der Waals surface area contributed by atoms with E-state index in [0.29, 0.717) is 0 Å². The number of hydrogen-bond acceptors (Lipinski definition) is 3. The average molecular weight is 255 g/mol. The second-order valence-electron chi connectivity index (χ2n) is 5.03. The van der Waals surface area contributed by atoms with Gasteiger partial charge in [0.05, 0.1) is 5.60 Å². The van der Waals surface area contributed by atoms with Gasteiger partial charge < -0.3 is 13.3 Å². The SMILES string of the molecule is CC(C)O[Si](Cl)(OC(C)C)OC(C)(C)C. The van der Waals surface area contributed by atoms with E-state index in [-0.39, 0.29) is 17.8 Å². The van der Waals surface area contributed by atoms with Crippen molar-refractivity contribution in [1.82, 2.24) is 0 Å². The van der Waals surface area contributed by atoms with E-state index in [0.717, 1.165) is 0 Å². The van der Waals surface area contributed by atoms with Gasteiger partial charge in [-0.2, -0.15) is 0 Å². The highest BCUT2D eigenvalue weighted by Crippen LogP contribution is 2.25. The van der Waals surface area contributed by atoms with E-state index in [1.165, 1.54) is 0 Å². The fourth-order valence-electron chi connectivity index (χ4n) is 1.00. The highest BCUT2D eigenvalue weighted by atomic mass is 35.6. The number of halogens is 1. The third-order valence-corrected chi connectivity index (χ3v) is 4.31. The Morgan fingerprint density at radius 1 is 0.933 bits per heavy atom. The monoisotopic (exact) mass is 254 g/mol. The summed E-state index contributed by atoms with van der Waals surface area (Å²) in [6.45, 7) is 13.5. The number of hydrogen-bond donors (Lipinski definition) is 0. The van der Waals surface area contributed by atoms with Crippen LogP contribution in [0.2, 0.25) is 0 Å². The zero-order valence-corrected chi connectivity index (χ0v) is 12.5. The van der Waals surface area contributed by atoms with Gasteiger partial charge in [0.1, 0.15) is 0 Å². The molecule has 0 unspecified atom stereocenters. The minimum atomic E-state index is -3.04. The first-order chi connectivity index (χ1) is 6.54. The first-order valence-corrected chi connectivity index (χ1v) is 8.02. The molecule has 0 spiro atoms. The van der Waals surface area contributed by atoms with Crippen molar-refractivity contribution in [3.05, 3.63) is 0 Å². The van der Waals surface area contributed by atoms with Crippen molar-refractivity contribution in [1.29, 1.82) is 0 Å². The molecule has 0 aliphatic carbocycles. The van der Waals surface area contributed by atoms with Crippen LogP contribution >= 0.6 is 11.1 Å². The summed E-state index contributed by atoms with van der Waals surface area (Å²) in [5.41, 5.74) is -0.363. The fourth-order valence-corrected chi connectivity index (χ4v) is 4.78. The highest BCUT2D eigenvalue weighted by molar-refractivity contribution is 7.09. The number of rotatable bonds is 5. The lowest BCUT2D eigenvalue weighted by Gasteiger charge is -2.33. The lowest BCUT2D eigenvalue weighted by atomic mass is 10.2. The molecule has 0 amide bonds. The van der Waals surface area contributed by atoms with E-state index in [4.69, 9.17) is 24.4 Å². The Bertz CT molecular complexity index is 180. The largest absolute Gasteiger partial charge is 0.614 e. The van der Waals surface area contributed by atoms with Crippen LogP contribution in [-0.2, 0) is 13.3 Å². The van der Waals surface area contributed by atoms with Crippen LogP contribution in [0.1, 0.15) is 48.5 Å². The van der Waals surface area contributed by atoms with Crippen LogP contribution in [0.15, 0.2) is 0 Å². The summed E-state index contributed by atoms with van der Waals surface area (Å²) < 4.78 is 16.9. The van der Waals surface area contributed by atoms with E-state index < -0.39 is 8.11 Å². The minimum absolute atomic E-state index is 0.00438. The molecule has 0 aliphatic rings. The van der Waals surface area contributed by atoms with Crippen LogP contribution in [-0.4, -0.2) is 25.9 Å². The molecule has 0 bridgehead atoms. The topological polar surface area (TPSA) is 27.7 Å². The van der Waals surface area contributed by atoms with Crippen LogP contribution in [0.3, 0.4) is 0 Å². The van der Waals surface area contributed by atoms with Crippen molar-refractivity contribution >= 4 is 19.2 Å². The summed E-state index contributed by atoms with van der Waals surface area (Å²) in [4.78, 5) is 0. The van der Waals surface area contributed by atoms with Crippen molar-refractivity contribution in [3.63, 3.8) is 0 Å². The molecule has 15 heavy (non-hydrogen) atoms. The Hall–Kier alpha value is 0.387. The molecule has 0 N–H and O–H groups in total. The molecule has 5 heteroatoms. The van der Waals surface area contributed by atoms with Crippen LogP contribution in [0.5, 0.6) is 0 Å². The molecule has 0 aromatic carbocycles. The third-order valence-electron chi connectivity index (χ3n) is 1.18. The van der Waals surface area contributed by atoms with Crippen molar-refractivity contribution in [2.24, 2.45) is 0 Å². The molecule has 0 radical (unpaired) electrons. The minimum Gasteiger partial charge on any atom is -0.359 e. The molecule has 0 aliphatic heterocycles. The van der Waals surface area contributed by atoms with Gasteiger partial charge in [-0.25, -0.2) is 0 Å². The zero-order chi connectivity index (χ0) is 12.3. The normalized spacial score (nSPS) is 14.0. The molecule has 0 heterocycles. The molecule has 3 nitrogen and oxygen atoms in total. The Balaban J connectivity index is 4.54. The highest BCUT2D eigenvalue weighted by Gasteiger charge is 2.45. The predicted molar refractivity (Wildman–Crippen MR) is 64.9 cm³/mol. The summed E-state index contributed by atoms with van der Waals surface area (Å²) in [7, 11) is -3.04. The van der Waals surface area contributed by atoms with Crippen molar-refractivity contribution in [2.45, 2.75) is 66.3 Å². The van der Waals surface area contributed by atoms with E-state index in [1.807, 2.05) is 48.5 Å². The molecule has 0 atom stereocenters. The summed E-state index contributed by atoms with van der Waals surface area (Å²) in [6, 6.07) is 0. The standard InChI is InChI=1S/C10H23ClO3Si/c1-8(2)12-15(11,13-9(3)4)14-10(5,6)7/h8-9H,1-7H3. The molecule has 0 aromatic heterocycles. The molecule has 0 rings (SSSR count). The summed E-state index contributed by atoms with van der Waals surface area (Å²) in [6.07, 6.45) is -0.00877. The first kappa shape index (κ1) is 15.4. The first-order valence-electron chi connectivity index (χ1n) is 5.29. The van der Waals surface area contributed by atoms with Gasteiger partial charge in [-0.3, -0.25) is 0 Å². The maximum absolute atomic E-state index is 6.29. The Kier molecular flexibility index (Phi) is 5.78. The molecular weight excluding hydrogens is 232 g/mol. The van der Waals surface area contributed by atoms with Crippen LogP contribution in [0.25, 0.3) is 0 Å². The second kappa shape index (κ2) is 5.64. The van der Waals surface area contributed by atoms with E-state index in [9.17, 15) is 0 Å². The molecule has 0 aromatic rings. The van der Waals surface area contributed by atoms with Gasteiger partial charge >= 0.3 is 8.11 Å². The third kappa shape index (κ3) is 8.22. The maximum atomic E-state index is 6.29. The van der Waals surface area contributed by atoms with Crippen LogP contribution in [0.4, 0.5) is 0 Å². The molecule has 0 saturated heterocycles. The van der Waals surface area contributed by atoms with Gasteiger partial charge in [-0.05, 0) is 48.5 Å². The fraction of sp³-hybridized carbons (Fsp3) is 1.00. The summed E-state index contributed by atoms with van der Waals surface area (Å²) in [5, 5.41) is 0. The van der Waals surface area contributed by atoms with Crippen LogP contribution in [0, 0.1) is 0 Å². The predicted octanol–water partition coefficient (Wildman–Crippen LogP) is 3.33. The Labute approximate surface area is 99.1 Å². The maximum Gasteiger partial charge on any atom is 0.614 e. The Morgan fingerprint density at radius 3 is 1.47 bits per heavy atom. The lowest BCUT2D eigenvalue weighted by Crippen LogP contribution is -2.48. The lowest BCUT2D eigenvalue weighted by molar-refractivity contribution is -0.0125. The quantitative estimate of drug-likeness (QED) is 0.557. The van der Waals surface area contributed by atoms with Gasteiger partial charge in [0, 0.05) is 12.2 Å². The molecule has 92 valence electrons. The van der Waals surface area contributed by atoms with Crippen molar-refractivity contribution in [2.75, 3.05) is 0 Å². The van der Waals surface area contributed by atoms with Crippen molar-refractivity contribution in [3.8, 4) is 0 Å². The van der Waals surface area contributed by atoms with E-state index in [2.05, 4.69) is 0 Å². The van der Waals surface area contributed by atoms with Gasteiger partial charge in [0.2, 0.25) is 0 Å². The molecule has 0 fully saturated rings. The smallest absolute Gasteiger partial charge is 0.359 e. The van der Waals surface area contributed by atoms with Crippen LogP contribution < -0.4 is 0 Å². The average Bonchev–Trinajstić information content (AvgIpc) is 1.73. The van der Waals surface area contributed by atoms with Gasteiger partial charge in [0.15, 0.2) is 0 Å². The van der Waals surface area contributed by atoms with Crippen molar-refractivity contribution < 1.29 is 13.3 Å². The second-order valence-corrected chi connectivity index (χ2v) is 8.06.